The molecule has 0 saturated carbocycles. The van der Waals surface area contributed by atoms with E-state index in [1.807, 2.05) is 6.07 Å². The second-order valence-corrected chi connectivity index (χ2v) is 10.9. The van der Waals surface area contributed by atoms with Gasteiger partial charge in [-0.1, -0.05) is 19.9 Å². The van der Waals surface area contributed by atoms with Gasteiger partial charge >= 0.3 is 0 Å². The first-order valence-electron chi connectivity index (χ1n) is 11.8. The van der Waals surface area contributed by atoms with Crippen molar-refractivity contribution in [2.24, 2.45) is 0 Å². The average Bonchev–Trinajstić information content (AvgIpc) is 3.25. The highest BCUT2D eigenvalue weighted by atomic mass is 32.2. The molecule has 1 aliphatic heterocycles. The van der Waals surface area contributed by atoms with Crippen molar-refractivity contribution in [3.05, 3.63) is 42.0 Å². The molecular formula is C25H33N3O5S. The number of nitrogens with zero attached hydrogens (tertiary/aromatic N) is 2. The van der Waals surface area contributed by atoms with E-state index in [9.17, 15) is 8.42 Å². The van der Waals surface area contributed by atoms with Crippen molar-refractivity contribution in [2.45, 2.75) is 50.6 Å². The Morgan fingerprint density at radius 2 is 1.91 bits per heavy atom. The van der Waals surface area contributed by atoms with Gasteiger partial charge < -0.3 is 19.2 Å². The van der Waals surface area contributed by atoms with Gasteiger partial charge in [-0.25, -0.2) is 8.42 Å². The van der Waals surface area contributed by atoms with Crippen LogP contribution in [0.4, 0.5) is 6.01 Å². The summed E-state index contributed by atoms with van der Waals surface area (Å²) < 4.78 is 41.3. The maximum Gasteiger partial charge on any atom is 0.295 e. The van der Waals surface area contributed by atoms with Crippen molar-refractivity contribution >= 4 is 27.0 Å². The lowest BCUT2D eigenvalue weighted by Gasteiger charge is -2.32. The first-order valence-corrected chi connectivity index (χ1v) is 13.5. The lowest BCUT2D eigenvalue weighted by molar-refractivity contribution is 0.209. The number of hydrogen-bond donors (Lipinski definition) is 1. The van der Waals surface area contributed by atoms with Gasteiger partial charge in [0.15, 0.2) is 26.9 Å². The van der Waals surface area contributed by atoms with Crippen molar-refractivity contribution < 1.29 is 22.3 Å². The average molecular weight is 488 g/mol. The van der Waals surface area contributed by atoms with Crippen molar-refractivity contribution in [3.63, 3.8) is 0 Å². The molecule has 34 heavy (non-hydrogen) atoms. The Morgan fingerprint density at radius 3 is 2.62 bits per heavy atom. The highest BCUT2D eigenvalue weighted by Gasteiger charge is 2.22. The lowest BCUT2D eigenvalue weighted by atomic mass is 10.0. The number of anilines is 1. The molecule has 0 aliphatic carbocycles. The third-order valence-electron chi connectivity index (χ3n) is 6.11. The predicted octanol–water partition coefficient (Wildman–Crippen LogP) is 4.50. The quantitative estimate of drug-likeness (QED) is 0.447. The van der Waals surface area contributed by atoms with Gasteiger partial charge in [0.25, 0.3) is 6.01 Å². The Kier molecular flexibility index (Phi) is 7.63. The maximum atomic E-state index is 12.1. The number of aromatic nitrogens is 1. The predicted molar refractivity (Wildman–Crippen MR) is 132 cm³/mol. The minimum absolute atomic E-state index is 0.0592. The zero-order valence-corrected chi connectivity index (χ0v) is 20.9. The zero-order chi connectivity index (χ0) is 24.1. The van der Waals surface area contributed by atoms with Crippen LogP contribution < -0.4 is 14.8 Å². The number of hydrogen-bond acceptors (Lipinski definition) is 8. The van der Waals surface area contributed by atoms with Gasteiger partial charge in [-0.15, -0.1) is 0 Å². The fraction of sp³-hybridized carbons (Fsp3) is 0.480. The van der Waals surface area contributed by atoms with Gasteiger partial charge in [0.1, 0.15) is 5.52 Å². The lowest BCUT2D eigenvalue weighted by Crippen LogP contribution is -2.38. The van der Waals surface area contributed by atoms with Crippen LogP contribution in [-0.2, 0) is 16.4 Å². The summed E-state index contributed by atoms with van der Waals surface area (Å²) in [5, 5.41) is 3.38. The highest BCUT2D eigenvalue weighted by molar-refractivity contribution is 7.91. The number of likely N-dealkylation sites (tertiary alicyclic amines) is 1. The smallest absolute Gasteiger partial charge is 0.295 e. The summed E-state index contributed by atoms with van der Waals surface area (Å²) in [6.45, 7) is 7.15. The molecule has 0 bridgehead atoms. The van der Waals surface area contributed by atoms with E-state index in [-0.39, 0.29) is 16.7 Å². The number of fused-ring (bicyclic) bond motifs is 1. The molecule has 3 aromatic rings. The van der Waals surface area contributed by atoms with Crippen molar-refractivity contribution in [1.29, 1.82) is 0 Å². The first-order chi connectivity index (χ1) is 16.4. The fourth-order valence-electron chi connectivity index (χ4n) is 4.14. The molecule has 1 fully saturated rings. The second kappa shape index (κ2) is 10.7. The summed E-state index contributed by atoms with van der Waals surface area (Å²) in [7, 11) is -1.61. The molecule has 0 amide bonds. The molecule has 1 aliphatic rings. The summed E-state index contributed by atoms with van der Waals surface area (Å²) in [5.74, 6) is 1.62. The van der Waals surface area contributed by atoms with Gasteiger partial charge in [-0.05, 0) is 55.2 Å². The Balaban J connectivity index is 1.34. The van der Waals surface area contributed by atoms with E-state index in [4.69, 9.17) is 13.9 Å². The Hall–Kier alpha value is -2.78. The SMILES string of the molecule is CCCOc1cc(CN2CCC(Nc3nc4cc(S(=O)(=O)CC)ccc4o3)CC2)ccc1OC. The van der Waals surface area contributed by atoms with Crippen LogP contribution in [0.25, 0.3) is 11.1 Å². The minimum Gasteiger partial charge on any atom is -0.493 e. The fourth-order valence-corrected chi connectivity index (χ4v) is 5.04. The van der Waals surface area contributed by atoms with E-state index in [0.29, 0.717) is 23.7 Å². The summed E-state index contributed by atoms with van der Waals surface area (Å²) in [6.07, 6.45) is 2.88. The van der Waals surface area contributed by atoms with Crippen LogP contribution in [0.15, 0.2) is 45.7 Å². The summed E-state index contributed by atoms with van der Waals surface area (Å²) >= 11 is 0. The standard InChI is InChI=1S/C25H33N3O5S/c1-4-14-32-24-15-18(6-8-23(24)31-3)17-28-12-10-19(11-13-28)26-25-27-21-16-20(34(29,30)5-2)7-9-22(21)33-25/h6-9,15-16,19H,4-5,10-14,17H2,1-3H3,(H,26,27). The summed E-state index contributed by atoms with van der Waals surface area (Å²) in [6, 6.07) is 11.7. The van der Waals surface area contributed by atoms with E-state index in [1.165, 1.54) is 5.56 Å². The molecule has 0 spiro atoms. The zero-order valence-electron chi connectivity index (χ0n) is 20.0. The molecule has 4 rings (SSSR count). The monoisotopic (exact) mass is 487 g/mol. The van der Waals surface area contributed by atoms with Crippen molar-refractivity contribution in [3.8, 4) is 11.5 Å². The van der Waals surface area contributed by atoms with Crippen molar-refractivity contribution in [2.75, 3.05) is 37.9 Å². The molecule has 184 valence electrons. The minimum atomic E-state index is -3.27. The van der Waals surface area contributed by atoms with E-state index in [0.717, 1.165) is 50.4 Å². The Bertz CT molecular complexity index is 1220. The van der Waals surface area contributed by atoms with Crippen LogP contribution in [0.5, 0.6) is 11.5 Å². The van der Waals surface area contributed by atoms with Crippen LogP contribution in [-0.4, -0.2) is 56.9 Å². The number of nitrogens with one attached hydrogen (secondary N) is 1. The van der Waals surface area contributed by atoms with E-state index >= 15 is 0 Å². The van der Waals surface area contributed by atoms with E-state index < -0.39 is 9.84 Å². The molecule has 0 radical (unpaired) electrons. The molecule has 1 aromatic heterocycles. The normalized spacial score (nSPS) is 15.5. The second-order valence-electron chi connectivity index (χ2n) is 8.58. The third kappa shape index (κ3) is 5.64. The van der Waals surface area contributed by atoms with Gasteiger partial charge in [0, 0.05) is 25.7 Å². The molecule has 1 saturated heterocycles. The molecular weight excluding hydrogens is 454 g/mol. The summed E-state index contributed by atoms with van der Waals surface area (Å²) in [4.78, 5) is 7.17. The van der Waals surface area contributed by atoms with Crippen molar-refractivity contribution in [1.82, 2.24) is 9.88 Å². The number of sulfone groups is 1. The van der Waals surface area contributed by atoms with Gasteiger partial charge in [0.05, 0.1) is 24.4 Å². The number of ether oxygens (including phenoxy) is 2. The Morgan fingerprint density at radius 1 is 1.12 bits per heavy atom. The van der Waals surface area contributed by atoms with Gasteiger partial charge in [0.2, 0.25) is 0 Å². The molecule has 2 aromatic carbocycles. The Labute approximate surface area is 201 Å². The van der Waals surface area contributed by atoms with E-state index in [1.54, 1.807) is 32.2 Å². The first kappa shape index (κ1) is 24.3. The maximum absolute atomic E-state index is 12.1. The van der Waals surface area contributed by atoms with Crippen LogP contribution in [0.1, 0.15) is 38.7 Å². The van der Waals surface area contributed by atoms with E-state index in [2.05, 4.69) is 34.3 Å². The van der Waals surface area contributed by atoms with Gasteiger partial charge in [-0.2, -0.15) is 4.98 Å². The number of benzene rings is 2. The van der Waals surface area contributed by atoms with Crippen LogP contribution >= 0.6 is 0 Å². The molecule has 8 nitrogen and oxygen atoms in total. The number of oxazole rings is 1. The molecule has 0 unspecified atom stereocenters. The third-order valence-corrected chi connectivity index (χ3v) is 7.84. The highest BCUT2D eigenvalue weighted by Crippen LogP contribution is 2.29. The number of methoxy groups -OCH3 is 1. The van der Waals surface area contributed by atoms with Crippen LogP contribution in [0.2, 0.25) is 0 Å². The largest absolute Gasteiger partial charge is 0.493 e. The number of piperidine rings is 1. The van der Waals surface area contributed by atoms with Gasteiger partial charge in [-0.3, -0.25) is 4.90 Å². The molecule has 1 N–H and O–H groups in total. The summed E-state index contributed by atoms with van der Waals surface area (Å²) in [5.41, 5.74) is 2.33. The topological polar surface area (TPSA) is 93.9 Å². The van der Waals surface area contributed by atoms with Crippen LogP contribution in [0, 0.1) is 0 Å². The number of rotatable bonds is 10. The molecule has 0 atom stereocenters. The van der Waals surface area contributed by atoms with Crippen LogP contribution in [0.3, 0.4) is 0 Å². The molecule has 9 heteroatoms. The molecule has 2 heterocycles.